The molecule has 1 atom stereocenters. The van der Waals surface area contributed by atoms with Gasteiger partial charge < -0.3 is 15.0 Å². The Balaban J connectivity index is 0.00000312. The smallest absolute Gasteiger partial charge is 0.193 e. The van der Waals surface area contributed by atoms with Crippen molar-refractivity contribution in [2.45, 2.75) is 32.2 Å². The van der Waals surface area contributed by atoms with Gasteiger partial charge >= 0.3 is 0 Å². The molecule has 0 saturated carbocycles. The number of guanidine groups is 1. The number of hydrogen-bond donors (Lipinski definition) is 1. The summed E-state index contributed by atoms with van der Waals surface area (Å²) in [6.07, 6.45) is 3.91. The van der Waals surface area contributed by atoms with Crippen molar-refractivity contribution in [3.8, 4) is 5.75 Å². The molecule has 0 aromatic heterocycles. The van der Waals surface area contributed by atoms with E-state index in [1.54, 1.807) is 7.11 Å². The standard InChI is InChI=1S/C19H32N4O.HI/c1-5-20-19(22(2)3)21-15-18(23-13-7-6-8-14-23)16-9-11-17(24-4)12-10-16;/h9-12,18H,5-8,13-15H2,1-4H3,(H,20,21);1H. The first-order valence-corrected chi connectivity index (χ1v) is 8.99. The van der Waals surface area contributed by atoms with E-state index >= 15 is 0 Å². The zero-order valence-electron chi connectivity index (χ0n) is 16.0. The summed E-state index contributed by atoms with van der Waals surface area (Å²) in [7, 11) is 5.77. The topological polar surface area (TPSA) is 40.1 Å². The fraction of sp³-hybridized carbons (Fsp3) is 0.632. The molecule has 1 fully saturated rings. The van der Waals surface area contributed by atoms with E-state index in [-0.39, 0.29) is 24.0 Å². The molecule has 5 nitrogen and oxygen atoms in total. The molecular formula is C19H33IN4O. The Hall–Kier alpha value is -1.02. The Morgan fingerprint density at radius 3 is 2.36 bits per heavy atom. The van der Waals surface area contributed by atoms with Crippen LogP contribution in [0.4, 0.5) is 0 Å². The van der Waals surface area contributed by atoms with Gasteiger partial charge in [0, 0.05) is 20.6 Å². The van der Waals surface area contributed by atoms with Crippen molar-refractivity contribution < 1.29 is 4.74 Å². The van der Waals surface area contributed by atoms with E-state index in [2.05, 4.69) is 29.3 Å². The minimum Gasteiger partial charge on any atom is -0.497 e. The van der Waals surface area contributed by atoms with Crippen LogP contribution >= 0.6 is 24.0 Å². The Morgan fingerprint density at radius 2 is 1.84 bits per heavy atom. The van der Waals surface area contributed by atoms with Gasteiger partial charge in [-0.05, 0) is 50.6 Å². The molecule has 142 valence electrons. The van der Waals surface area contributed by atoms with Crippen LogP contribution in [0.1, 0.15) is 37.8 Å². The van der Waals surface area contributed by atoms with E-state index in [1.165, 1.54) is 24.8 Å². The van der Waals surface area contributed by atoms with Crippen LogP contribution in [0.2, 0.25) is 0 Å². The van der Waals surface area contributed by atoms with Crippen molar-refractivity contribution in [1.82, 2.24) is 15.1 Å². The first-order chi connectivity index (χ1) is 11.7. The maximum atomic E-state index is 5.30. The van der Waals surface area contributed by atoms with Crippen LogP contribution in [-0.4, -0.2) is 63.1 Å². The van der Waals surface area contributed by atoms with Gasteiger partial charge in [0.15, 0.2) is 5.96 Å². The van der Waals surface area contributed by atoms with Gasteiger partial charge in [-0.25, -0.2) is 0 Å². The van der Waals surface area contributed by atoms with Gasteiger partial charge in [-0.15, -0.1) is 24.0 Å². The van der Waals surface area contributed by atoms with Crippen molar-refractivity contribution in [3.05, 3.63) is 29.8 Å². The molecule has 0 aliphatic carbocycles. The highest BCUT2D eigenvalue weighted by Crippen LogP contribution is 2.26. The summed E-state index contributed by atoms with van der Waals surface area (Å²) in [5.74, 6) is 1.86. The second-order valence-electron chi connectivity index (χ2n) is 6.47. The Morgan fingerprint density at radius 1 is 1.20 bits per heavy atom. The Bertz CT molecular complexity index is 513. The zero-order valence-corrected chi connectivity index (χ0v) is 18.3. The minimum atomic E-state index is 0. The number of nitrogens with zero attached hydrogens (tertiary/aromatic N) is 3. The number of ether oxygens (including phenoxy) is 1. The average molecular weight is 460 g/mol. The van der Waals surface area contributed by atoms with Crippen LogP contribution in [-0.2, 0) is 0 Å². The van der Waals surface area contributed by atoms with Crippen molar-refractivity contribution in [2.24, 2.45) is 4.99 Å². The molecule has 0 bridgehead atoms. The lowest BCUT2D eigenvalue weighted by atomic mass is 10.0. The summed E-state index contributed by atoms with van der Waals surface area (Å²) in [5.41, 5.74) is 1.32. The lowest BCUT2D eigenvalue weighted by Crippen LogP contribution is -2.39. The molecule has 1 aliphatic rings. The number of benzene rings is 1. The van der Waals surface area contributed by atoms with E-state index in [0.29, 0.717) is 6.04 Å². The molecular weight excluding hydrogens is 427 g/mol. The quantitative estimate of drug-likeness (QED) is 0.402. The minimum absolute atomic E-state index is 0. The van der Waals surface area contributed by atoms with E-state index < -0.39 is 0 Å². The van der Waals surface area contributed by atoms with Gasteiger partial charge in [0.05, 0.1) is 19.7 Å². The van der Waals surface area contributed by atoms with Crippen molar-refractivity contribution in [2.75, 3.05) is 47.4 Å². The number of piperidine rings is 1. The predicted molar refractivity (Wildman–Crippen MR) is 116 cm³/mol. The maximum Gasteiger partial charge on any atom is 0.193 e. The molecule has 1 aliphatic heterocycles. The Labute approximate surface area is 169 Å². The molecule has 1 N–H and O–H groups in total. The van der Waals surface area contributed by atoms with E-state index in [0.717, 1.165) is 37.9 Å². The highest BCUT2D eigenvalue weighted by molar-refractivity contribution is 14.0. The van der Waals surface area contributed by atoms with E-state index in [1.807, 2.05) is 31.1 Å². The predicted octanol–water partition coefficient (Wildman–Crippen LogP) is 3.37. The number of likely N-dealkylation sites (tertiary alicyclic amines) is 1. The molecule has 1 aromatic rings. The summed E-state index contributed by atoms with van der Waals surface area (Å²) >= 11 is 0. The molecule has 1 saturated heterocycles. The summed E-state index contributed by atoms with van der Waals surface area (Å²) < 4.78 is 5.30. The molecule has 25 heavy (non-hydrogen) atoms. The molecule has 1 aromatic carbocycles. The van der Waals surface area contributed by atoms with Crippen LogP contribution in [0.15, 0.2) is 29.3 Å². The number of aliphatic imine (C=N–C) groups is 1. The van der Waals surface area contributed by atoms with E-state index in [4.69, 9.17) is 9.73 Å². The van der Waals surface area contributed by atoms with Crippen molar-refractivity contribution in [3.63, 3.8) is 0 Å². The normalized spacial score (nSPS) is 16.7. The molecule has 2 rings (SSSR count). The molecule has 0 radical (unpaired) electrons. The lowest BCUT2D eigenvalue weighted by molar-refractivity contribution is 0.167. The lowest BCUT2D eigenvalue weighted by Gasteiger charge is -2.34. The fourth-order valence-corrected chi connectivity index (χ4v) is 3.17. The number of methoxy groups -OCH3 is 1. The number of hydrogen-bond acceptors (Lipinski definition) is 3. The molecule has 1 unspecified atom stereocenters. The second kappa shape index (κ2) is 11.6. The monoisotopic (exact) mass is 460 g/mol. The van der Waals surface area contributed by atoms with Gasteiger partial charge in [-0.2, -0.15) is 0 Å². The first kappa shape index (κ1) is 22.0. The van der Waals surface area contributed by atoms with Crippen LogP contribution in [0.25, 0.3) is 0 Å². The van der Waals surface area contributed by atoms with Crippen molar-refractivity contribution in [1.29, 1.82) is 0 Å². The summed E-state index contributed by atoms with van der Waals surface area (Å²) in [5, 5.41) is 3.35. The summed E-state index contributed by atoms with van der Waals surface area (Å²) in [6.45, 7) is 6.07. The zero-order chi connectivity index (χ0) is 17.4. The van der Waals surface area contributed by atoms with Gasteiger partial charge in [-0.3, -0.25) is 9.89 Å². The molecule has 0 spiro atoms. The van der Waals surface area contributed by atoms with Gasteiger partial charge in [0.2, 0.25) is 0 Å². The number of halogens is 1. The summed E-state index contributed by atoms with van der Waals surface area (Å²) in [4.78, 5) is 9.49. The van der Waals surface area contributed by atoms with Crippen LogP contribution in [0, 0.1) is 0 Å². The fourth-order valence-electron chi connectivity index (χ4n) is 3.17. The third-order valence-corrected chi connectivity index (χ3v) is 4.50. The van der Waals surface area contributed by atoms with Crippen LogP contribution < -0.4 is 10.1 Å². The third-order valence-electron chi connectivity index (χ3n) is 4.50. The average Bonchev–Trinajstić information content (AvgIpc) is 2.62. The third kappa shape index (κ3) is 6.66. The Kier molecular flexibility index (Phi) is 10.2. The maximum absolute atomic E-state index is 5.30. The SMILES string of the molecule is CCNC(=NCC(c1ccc(OC)cc1)N1CCCCC1)N(C)C.I. The highest BCUT2D eigenvalue weighted by Gasteiger charge is 2.22. The highest BCUT2D eigenvalue weighted by atomic mass is 127. The molecule has 6 heteroatoms. The molecule has 1 heterocycles. The largest absolute Gasteiger partial charge is 0.497 e. The van der Waals surface area contributed by atoms with Crippen LogP contribution in [0.5, 0.6) is 5.75 Å². The summed E-state index contributed by atoms with van der Waals surface area (Å²) in [6, 6.07) is 8.77. The first-order valence-electron chi connectivity index (χ1n) is 8.99. The van der Waals surface area contributed by atoms with Crippen molar-refractivity contribution >= 4 is 29.9 Å². The molecule has 0 amide bonds. The van der Waals surface area contributed by atoms with Gasteiger partial charge in [0.1, 0.15) is 5.75 Å². The number of nitrogens with one attached hydrogen (secondary N) is 1. The van der Waals surface area contributed by atoms with Gasteiger partial charge in [0.25, 0.3) is 0 Å². The number of rotatable bonds is 6. The second-order valence-corrected chi connectivity index (χ2v) is 6.47. The van der Waals surface area contributed by atoms with E-state index in [9.17, 15) is 0 Å². The van der Waals surface area contributed by atoms with Gasteiger partial charge in [-0.1, -0.05) is 18.6 Å². The van der Waals surface area contributed by atoms with Crippen LogP contribution in [0.3, 0.4) is 0 Å².